The van der Waals surface area contributed by atoms with Crippen LogP contribution in [0, 0.1) is 0 Å². The Labute approximate surface area is 227 Å². The van der Waals surface area contributed by atoms with Crippen molar-refractivity contribution < 1.29 is 27.9 Å². The Hall–Kier alpha value is -4.05. The van der Waals surface area contributed by atoms with Crippen LogP contribution in [0.3, 0.4) is 0 Å². The summed E-state index contributed by atoms with van der Waals surface area (Å²) in [6, 6.07) is 14.2. The molecule has 0 aliphatic carbocycles. The summed E-state index contributed by atoms with van der Waals surface area (Å²) in [5, 5.41) is 12.3. The lowest BCUT2D eigenvalue weighted by atomic mass is 9.95. The smallest absolute Gasteiger partial charge is 0.416 e. The maximum atomic E-state index is 12.8. The minimum atomic E-state index is -4.40. The lowest BCUT2D eigenvalue weighted by Gasteiger charge is -2.16. The zero-order valence-electron chi connectivity index (χ0n) is 21.4. The molecule has 39 heavy (non-hydrogen) atoms. The van der Waals surface area contributed by atoms with E-state index in [9.17, 15) is 27.9 Å². The van der Waals surface area contributed by atoms with E-state index in [1.54, 1.807) is 30.3 Å². The standard InChI is InChI=1S/C29H26F3N3O3S/c1-28(2,3)24-13-12-23(39-24)26(36)35-22(27(37)38)14-17-4-6-19(7-5-17)25-33-15-20(16-34-25)18-8-10-21(11-9-18)29(30,31)32/h4-13,15-16,22H,14H2,1-3H3,(H,35,36)(H,37,38)/t22-/m0/s1. The number of nitrogens with one attached hydrogen (secondary N) is 1. The van der Waals surface area contributed by atoms with E-state index in [4.69, 9.17) is 0 Å². The fraction of sp³-hybridized carbons (Fsp3) is 0.241. The largest absolute Gasteiger partial charge is 0.480 e. The van der Waals surface area contributed by atoms with E-state index in [0.717, 1.165) is 17.0 Å². The number of amides is 1. The number of hydrogen-bond acceptors (Lipinski definition) is 5. The van der Waals surface area contributed by atoms with Gasteiger partial charge in [0.05, 0.1) is 10.4 Å². The second-order valence-electron chi connectivity index (χ2n) is 10.0. The zero-order chi connectivity index (χ0) is 28.4. The van der Waals surface area contributed by atoms with Gasteiger partial charge in [0.25, 0.3) is 5.91 Å². The van der Waals surface area contributed by atoms with Crippen molar-refractivity contribution in [1.82, 2.24) is 15.3 Å². The average Bonchev–Trinajstić information content (AvgIpc) is 3.40. The van der Waals surface area contributed by atoms with Gasteiger partial charge in [-0.05, 0) is 40.8 Å². The maximum Gasteiger partial charge on any atom is 0.416 e. The molecule has 0 saturated heterocycles. The Kier molecular flexibility index (Phi) is 7.87. The van der Waals surface area contributed by atoms with Gasteiger partial charge in [-0.3, -0.25) is 4.79 Å². The molecule has 4 aromatic rings. The van der Waals surface area contributed by atoms with Crippen molar-refractivity contribution in [3.8, 4) is 22.5 Å². The minimum absolute atomic E-state index is 0.0899. The van der Waals surface area contributed by atoms with E-state index in [1.165, 1.54) is 35.9 Å². The molecule has 10 heteroatoms. The minimum Gasteiger partial charge on any atom is -0.480 e. The van der Waals surface area contributed by atoms with Crippen molar-refractivity contribution in [1.29, 1.82) is 0 Å². The van der Waals surface area contributed by atoms with Crippen LogP contribution in [0.5, 0.6) is 0 Å². The van der Waals surface area contributed by atoms with Gasteiger partial charge in [0.1, 0.15) is 6.04 Å². The highest BCUT2D eigenvalue weighted by Gasteiger charge is 2.30. The third-order valence-electron chi connectivity index (χ3n) is 6.02. The van der Waals surface area contributed by atoms with E-state index < -0.39 is 29.7 Å². The van der Waals surface area contributed by atoms with Crippen molar-refractivity contribution in [2.24, 2.45) is 0 Å². The van der Waals surface area contributed by atoms with E-state index in [2.05, 4.69) is 15.3 Å². The number of nitrogens with zero attached hydrogens (tertiary/aromatic N) is 2. The number of carboxylic acid groups (broad SMARTS) is 1. The molecule has 0 fully saturated rings. The number of hydrogen-bond donors (Lipinski definition) is 2. The van der Waals surface area contributed by atoms with Gasteiger partial charge in [-0.15, -0.1) is 11.3 Å². The summed E-state index contributed by atoms with van der Waals surface area (Å²) in [6.07, 6.45) is -1.25. The molecule has 6 nitrogen and oxygen atoms in total. The Bertz CT molecular complexity index is 1460. The molecule has 0 aliphatic heterocycles. The predicted octanol–water partition coefficient (Wildman–Crippen LogP) is 6.61. The van der Waals surface area contributed by atoms with E-state index in [1.807, 2.05) is 26.8 Å². The topological polar surface area (TPSA) is 92.2 Å². The van der Waals surface area contributed by atoms with Crippen molar-refractivity contribution in [2.45, 2.75) is 44.8 Å². The van der Waals surface area contributed by atoms with Crippen LogP contribution in [0.1, 0.15) is 46.4 Å². The summed E-state index contributed by atoms with van der Waals surface area (Å²) in [5.74, 6) is -1.16. The second-order valence-corrected chi connectivity index (χ2v) is 11.1. The maximum absolute atomic E-state index is 12.8. The van der Waals surface area contributed by atoms with Gasteiger partial charge in [0, 0.05) is 34.8 Å². The highest BCUT2D eigenvalue weighted by Crippen LogP contribution is 2.31. The molecule has 0 saturated carbocycles. The Morgan fingerprint density at radius 1 is 0.872 bits per heavy atom. The van der Waals surface area contributed by atoms with Gasteiger partial charge < -0.3 is 10.4 Å². The molecule has 4 rings (SSSR count). The van der Waals surface area contributed by atoms with Crippen LogP contribution in [-0.4, -0.2) is 33.0 Å². The molecule has 0 bridgehead atoms. The van der Waals surface area contributed by atoms with Crippen molar-refractivity contribution in [3.05, 3.63) is 93.9 Å². The Balaban J connectivity index is 1.42. The molecule has 202 valence electrons. The second kappa shape index (κ2) is 11.0. The number of benzene rings is 2. The van der Waals surface area contributed by atoms with Gasteiger partial charge in [0.2, 0.25) is 0 Å². The monoisotopic (exact) mass is 553 g/mol. The van der Waals surface area contributed by atoms with Crippen molar-refractivity contribution in [2.75, 3.05) is 0 Å². The number of carboxylic acids is 1. The van der Waals surface area contributed by atoms with Crippen LogP contribution < -0.4 is 5.32 Å². The number of carbonyl (C=O) groups is 2. The van der Waals surface area contributed by atoms with E-state index >= 15 is 0 Å². The SMILES string of the molecule is CC(C)(C)c1ccc(C(=O)N[C@@H](Cc2ccc(-c3ncc(-c4ccc(C(F)(F)F)cc4)cn3)cc2)C(=O)O)s1. The van der Waals surface area contributed by atoms with Crippen molar-refractivity contribution in [3.63, 3.8) is 0 Å². The highest BCUT2D eigenvalue weighted by atomic mass is 32.1. The van der Waals surface area contributed by atoms with Gasteiger partial charge in [-0.1, -0.05) is 57.2 Å². The molecule has 2 aromatic heterocycles. The molecule has 1 amide bonds. The molecule has 0 spiro atoms. The lowest BCUT2D eigenvalue weighted by Crippen LogP contribution is -2.42. The van der Waals surface area contributed by atoms with Crippen LogP contribution in [-0.2, 0) is 22.8 Å². The number of carbonyl (C=O) groups excluding carboxylic acids is 1. The van der Waals surface area contributed by atoms with Crippen LogP contribution in [0.4, 0.5) is 13.2 Å². The first-order chi connectivity index (χ1) is 18.3. The predicted molar refractivity (Wildman–Crippen MR) is 144 cm³/mol. The molecular weight excluding hydrogens is 527 g/mol. The third kappa shape index (κ3) is 6.88. The number of alkyl halides is 3. The van der Waals surface area contributed by atoms with Crippen LogP contribution >= 0.6 is 11.3 Å². The molecule has 2 heterocycles. The summed E-state index contributed by atoms with van der Waals surface area (Å²) >= 11 is 1.34. The van der Waals surface area contributed by atoms with Crippen LogP contribution in [0.25, 0.3) is 22.5 Å². The molecular formula is C29H26F3N3O3S. The summed E-state index contributed by atoms with van der Waals surface area (Å²) in [6.45, 7) is 6.13. The first-order valence-corrected chi connectivity index (χ1v) is 12.9. The van der Waals surface area contributed by atoms with E-state index in [0.29, 0.717) is 33.0 Å². The molecule has 2 N–H and O–H groups in total. The number of aliphatic carboxylic acids is 1. The van der Waals surface area contributed by atoms with Gasteiger partial charge >= 0.3 is 12.1 Å². The average molecular weight is 554 g/mol. The lowest BCUT2D eigenvalue weighted by molar-refractivity contribution is -0.139. The number of rotatable bonds is 7. The third-order valence-corrected chi connectivity index (χ3v) is 7.53. The van der Waals surface area contributed by atoms with Gasteiger partial charge in [-0.25, -0.2) is 14.8 Å². The zero-order valence-corrected chi connectivity index (χ0v) is 22.2. The summed E-state index contributed by atoms with van der Waals surface area (Å²) in [5.41, 5.74) is 1.68. The Morgan fingerprint density at radius 3 is 1.97 bits per heavy atom. The molecule has 1 atom stereocenters. The number of aromatic nitrogens is 2. The normalized spacial score (nSPS) is 12.7. The van der Waals surface area contributed by atoms with Crippen LogP contribution in [0.15, 0.2) is 73.1 Å². The molecule has 0 unspecified atom stereocenters. The molecule has 0 aliphatic rings. The quantitative estimate of drug-likeness (QED) is 0.269. The summed E-state index contributed by atoms with van der Waals surface area (Å²) in [7, 11) is 0. The van der Waals surface area contributed by atoms with Gasteiger partial charge in [-0.2, -0.15) is 13.2 Å². The Morgan fingerprint density at radius 2 is 1.46 bits per heavy atom. The first-order valence-electron chi connectivity index (χ1n) is 12.0. The molecule has 2 aromatic carbocycles. The molecule has 0 radical (unpaired) electrons. The van der Waals surface area contributed by atoms with E-state index in [-0.39, 0.29) is 11.8 Å². The van der Waals surface area contributed by atoms with Gasteiger partial charge in [0.15, 0.2) is 5.82 Å². The van der Waals surface area contributed by atoms with Crippen LogP contribution in [0.2, 0.25) is 0 Å². The summed E-state index contributed by atoms with van der Waals surface area (Å²) in [4.78, 5) is 34.7. The van der Waals surface area contributed by atoms with Crippen molar-refractivity contribution >= 4 is 23.2 Å². The highest BCUT2D eigenvalue weighted by molar-refractivity contribution is 7.14. The fourth-order valence-corrected chi connectivity index (χ4v) is 4.76. The first kappa shape index (κ1) is 28.0. The fourth-order valence-electron chi connectivity index (χ4n) is 3.80. The summed E-state index contributed by atoms with van der Waals surface area (Å²) < 4.78 is 38.4. The number of thiophene rings is 1. The number of halogens is 3.